The van der Waals surface area contributed by atoms with Crippen LogP contribution in [0.4, 0.5) is 11.6 Å². The van der Waals surface area contributed by atoms with E-state index < -0.39 is 0 Å². The number of amides is 1. The maximum Gasteiger partial charge on any atom is 0.234 e. The van der Waals surface area contributed by atoms with Gasteiger partial charge in [0.1, 0.15) is 5.76 Å². The Morgan fingerprint density at radius 3 is 2.77 bits per heavy atom. The number of hydrogen-bond acceptors (Lipinski definition) is 6. The zero-order valence-electron chi connectivity index (χ0n) is 17.4. The molecule has 0 bridgehead atoms. The molecule has 0 spiro atoms. The Kier molecular flexibility index (Phi) is 6.42. The average Bonchev–Trinajstić information content (AvgIpc) is 3.49. The lowest BCUT2D eigenvalue weighted by molar-refractivity contribution is -0.113. The van der Waals surface area contributed by atoms with Crippen LogP contribution in [-0.4, -0.2) is 39.5 Å². The van der Waals surface area contributed by atoms with Gasteiger partial charge in [-0.05, 0) is 48.6 Å². The van der Waals surface area contributed by atoms with Gasteiger partial charge < -0.3 is 14.6 Å². The minimum Gasteiger partial charge on any atom is -0.467 e. The number of anilines is 2. The molecule has 1 saturated heterocycles. The van der Waals surface area contributed by atoms with Crippen LogP contribution in [0.5, 0.6) is 0 Å². The number of thioether (sulfide) groups is 1. The maximum atomic E-state index is 12.5. The zero-order chi connectivity index (χ0) is 20.9. The van der Waals surface area contributed by atoms with Crippen molar-refractivity contribution in [3.05, 3.63) is 54.0 Å². The highest BCUT2D eigenvalue weighted by Crippen LogP contribution is 2.26. The molecule has 0 saturated carbocycles. The van der Waals surface area contributed by atoms with Gasteiger partial charge in [-0.1, -0.05) is 37.7 Å². The number of carbonyl (C=O) groups is 1. The van der Waals surface area contributed by atoms with Gasteiger partial charge in [-0.3, -0.25) is 9.36 Å². The predicted octanol–water partition coefficient (Wildman–Crippen LogP) is 4.37. The molecule has 1 aliphatic heterocycles. The van der Waals surface area contributed by atoms with Crippen molar-refractivity contribution in [2.24, 2.45) is 0 Å². The Morgan fingerprint density at radius 2 is 2.03 bits per heavy atom. The molecule has 2 aromatic heterocycles. The van der Waals surface area contributed by atoms with Crippen LogP contribution in [0, 0.1) is 0 Å². The summed E-state index contributed by atoms with van der Waals surface area (Å²) < 4.78 is 7.57. The second kappa shape index (κ2) is 9.38. The topological polar surface area (TPSA) is 76.2 Å². The summed E-state index contributed by atoms with van der Waals surface area (Å²) >= 11 is 1.40. The second-order valence-corrected chi connectivity index (χ2v) is 8.70. The molecule has 7 nitrogen and oxygen atoms in total. The van der Waals surface area contributed by atoms with Crippen molar-refractivity contribution in [1.82, 2.24) is 14.8 Å². The number of carbonyl (C=O) groups excluding carboxylic acids is 1. The van der Waals surface area contributed by atoms with E-state index in [1.807, 2.05) is 34.9 Å². The van der Waals surface area contributed by atoms with Gasteiger partial charge in [-0.15, -0.1) is 10.2 Å². The van der Waals surface area contributed by atoms with E-state index in [2.05, 4.69) is 40.3 Å². The van der Waals surface area contributed by atoms with E-state index >= 15 is 0 Å². The van der Waals surface area contributed by atoms with Crippen LogP contribution in [0.15, 0.2) is 52.2 Å². The highest BCUT2D eigenvalue weighted by Gasteiger charge is 2.22. The third-order valence-corrected chi connectivity index (χ3v) is 6.12. The third-order valence-electron chi connectivity index (χ3n) is 5.15. The summed E-state index contributed by atoms with van der Waals surface area (Å²) in [4.78, 5) is 14.8. The van der Waals surface area contributed by atoms with Crippen molar-refractivity contribution in [3.63, 3.8) is 0 Å². The number of nitrogens with zero attached hydrogens (tertiary/aromatic N) is 4. The van der Waals surface area contributed by atoms with Crippen LogP contribution in [0.2, 0.25) is 0 Å². The Balaban J connectivity index is 1.44. The van der Waals surface area contributed by atoms with Crippen LogP contribution < -0.4 is 10.2 Å². The molecule has 30 heavy (non-hydrogen) atoms. The second-order valence-electron chi connectivity index (χ2n) is 7.76. The molecule has 3 heterocycles. The molecule has 0 radical (unpaired) electrons. The first-order valence-corrected chi connectivity index (χ1v) is 11.3. The van der Waals surface area contributed by atoms with E-state index in [0.29, 0.717) is 12.5 Å². The summed E-state index contributed by atoms with van der Waals surface area (Å²) in [6, 6.07) is 11.8. The van der Waals surface area contributed by atoms with Gasteiger partial charge in [0.05, 0.1) is 18.6 Å². The van der Waals surface area contributed by atoms with Gasteiger partial charge in [-0.2, -0.15) is 0 Å². The van der Waals surface area contributed by atoms with Gasteiger partial charge in [-0.25, -0.2) is 0 Å². The van der Waals surface area contributed by atoms with Crippen LogP contribution >= 0.6 is 11.8 Å². The first-order valence-electron chi connectivity index (χ1n) is 10.3. The van der Waals surface area contributed by atoms with Crippen molar-refractivity contribution in [2.75, 3.05) is 29.1 Å². The fourth-order valence-electron chi connectivity index (χ4n) is 3.54. The Bertz CT molecular complexity index is 977. The molecular formula is C22H27N5O2S. The van der Waals surface area contributed by atoms with Gasteiger partial charge in [0.25, 0.3) is 0 Å². The van der Waals surface area contributed by atoms with Crippen LogP contribution in [0.25, 0.3) is 0 Å². The SMILES string of the molecule is CC(C)c1cccc(NC(=O)CSc2nnc(N3CCCC3)n2Cc2ccco2)c1. The molecule has 0 atom stereocenters. The molecule has 0 unspecified atom stereocenters. The number of hydrogen-bond donors (Lipinski definition) is 1. The number of benzene rings is 1. The predicted molar refractivity (Wildman–Crippen MR) is 119 cm³/mol. The van der Waals surface area contributed by atoms with E-state index in [1.54, 1.807) is 6.26 Å². The van der Waals surface area contributed by atoms with Crippen LogP contribution in [-0.2, 0) is 11.3 Å². The summed E-state index contributed by atoms with van der Waals surface area (Å²) in [5.74, 6) is 2.31. The molecule has 1 aromatic carbocycles. The van der Waals surface area contributed by atoms with Gasteiger partial charge >= 0.3 is 0 Å². The van der Waals surface area contributed by atoms with E-state index in [9.17, 15) is 4.79 Å². The molecule has 1 fully saturated rings. The summed E-state index contributed by atoms with van der Waals surface area (Å²) in [6.07, 6.45) is 3.99. The van der Waals surface area contributed by atoms with Crippen molar-refractivity contribution >= 4 is 29.3 Å². The first-order chi connectivity index (χ1) is 14.6. The molecule has 4 rings (SSSR count). The number of nitrogens with one attached hydrogen (secondary N) is 1. The lowest BCUT2D eigenvalue weighted by Gasteiger charge is -2.17. The van der Waals surface area contributed by atoms with Gasteiger partial charge in [0.2, 0.25) is 11.9 Å². The zero-order valence-corrected chi connectivity index (χ0v) is 18.2. The molecule has 0 aliphatic carbocycles. The largest absolute Gasteiger partial charge is 0.467 e. The number of aromatic nitrogens is 3. The summed E-state index contributed by atoms with van der Waals surface area (Å²) in [7, 11) is 0. The fraction of sp³-hybridized carbons (Fsp3) is 0.409. The third kappa shape index (κ3) is 4.87. The normalized spacial score (nSPS) is 13.9. The summed E-state index contributed by atoms with van der Waals surface area (Å²) in [5, 5.41) is 12.5. The minimum atomic E-state index is -0.0591. The van der Waals surface area contributed by atoms with E-state index in [1.165, 1.54) is 17.3 Å². The average molecular weight is 426 g/mol. The highest BCUT2D eigenvalue weighted by molar-refractivity contribution is 7.99. The number of furan rings is 1. The quantitative estimate of drug-likeness (QED) is 0.540. The molecule has 158 valence electrons. The summed E-state index contributed by atoms with van der Waals surface area (Å²) in [5.41, 5.74) is 2.02. The van der Waals surface area contributed by atoms with Crippen molar-refractivity contribution in [1.29, 1.82) is 0 Å². The molecule has 1 aliphatic rings. The standard InChI is InChI=1S/C22H27N5O2S/c1-16(2)17-7-5-8-18(13-17)23-20(28)15-30-22-25-24-21(26-10-3-4-11-26)27(22)14-19-9-6-12-29-19/h5-9,12-13,16H,3-4,10-11,14-15H2,1-2H3,(H,23,28). The highest BCUT2D eigenvalue weighted by atomic mass is 32.2. The minimum absolute atomic E-state index is 0.0591. The van der Waals surface area contributed by atoms with Gasteiger partial charge in [0, 0.05) is 18.8 Å². The maximum absolute atomic E-state index is 12.5. The number of rotatable bonds is 8. The molecule has 1 N–H and O–H groups in total. The van der Waals surface area contributed by atoms with E-state index in [4.69, 9.17) is 4.42 Å². The van der Waals surface area contributed by atoms with Crippen molar-refractivity contribution in [2.45, 2.75) is 44.3 Å². The van der Waals surface area contributed by atoms with Crippen molar-refractivity contribution < 1.29 is 9.21 Å². The Hall–Kier alpha value is -2.74. The smallest absolute Gasteiger partial charge is 0.234 e. The van der Waals surface area contributed by atoms with E-state index in [-0.39, 0.29) is 11.7 Å². The lowest BCUT2D eigenvalue weighted by Crippen LogP contribution is -2.22. The fourth-order valence-corrected chi connectivity index (χ4v) is 4.27. The Labute approximate surface area is 180 Å². The monoisotopic (exact) mass is 425 g/mol. The molecular weight excluding hydrogens is 398 g/mol. The first kappa shape index (κ1) is 20.5. The van der Waals surface area contributed by atoms with Crippen molar-refractivity contribution in [3.8, 4) is 0 Å². The molecule has 3 aromatic rings. The lowest BCUT2D eigenvalue weighted by atomic mass is 10.0. The Morgan fingerprint density at radius 1 is 1.20 bits per heavy atom. The van der Waals surface area contributed by atoms with Crippen LogP contribution in [0.3, 0.4) is 0 Å². The van der Waals surface area contributed by atoms with Crippen LogP contribution in [0.1, 0.15) is 43.9 Å². The molecule has 8 heteroatoms. The van der Waals surface area contributed by atoms with E-state index in [0.717, 1.165) is 48.5 Å². The molecule has 1 amide bonds. The summed E-state index contributed by atoms with van der Waals surface area (Å²) in [6.45, 7) is 6.79. The van der Waals surface area contributed by atoms with Gasteiger partial charge in [0.15, 0.2) is 5.16 Å².